The molecule has 3 rings (SSSR count). The van der Waals surface area contributed by atoms with E-state index in [0.29, 0.717) is 11.5 Å². The van der Waals surface area contributed by atoms with Crippen molar-refractivity contribution < 1.29 is 9.53 Å². The van der Waals surface area contributed by atoms with Crippen molar-refractivity contribution in [2.75, 3.05) is 20.2 Å². The molecule has 0 bridgehead atoms. The molecule has 0 radical (unpaired) electrons. The van der Waals surface area contributed by atoms with Crippen LogP contribution in [0.15, 0.2) is 48.7 Å². The molecule has 0 spiro atoms. The van der Waals surface area contributed by atoms with Crippen LogP contribution < -0.4 is 0 Å². The molecule has 4 nitrogen and oxygen atoms in total. The van der Waals surface area contributed by atoms with E-state index in [-0.39, 0.29) is 12.0 Å². The first-order valence-electron chi connectivity index (χ1n) is 8.46. The number of aryl methyl sites for hydroxylation is 1. The van der Waals surface area contributed by atoms with Crippen LogP contribution in [0.1, 0.15) is 28.0 Å². The van der Waals surface area contributed by atoms with Gasteiger partial charge < -0.3 is 9.64 Å². The number of methoxy groups -OCH3 is 1. The van der Waals surface area contributed by atoms with Crippen LogP contribution in [0.4, 0.5) is 0 Å². The van der Waals surface area contributed by atoms with Crippen molar-refractivity contribution in [1.82, 2.24) is 9.88 Å². The molecule has 0 N–H and O–H groups in total. The second-order valence-electron chi connectivity index (χ2n) is 6.45. The van der Waals surface area contributed by atoms with Crippen LogP contribution in [-0.4, -0.2) is 42.1 Å². The molecule has 4 heteroatoms. The van der Waals surface area contributed by atoms with Gasteiger partial charge in [0.05, 0.1) is 11.7 Å². The highest BCUT2D eigenvalue weighted by atomic mass is 16.5. The maximum Gasteiger partial charge on any atom is 0.255 e. The molecule has 1 amide bonds. The summed E-state index contributed by atoms with van der Waals surface area (Å²) in [6.45, 7) is 3.38. The van der Waals surface area contributed by atoms with E-state index in [1.165, 1.54) is 5.56 Å². The molecule has 2 atom stereocenters. The molecule has 0 saturated carbocycles. The summed E-state index contributed by atoms with van der Waals surface area (Å²) >= 11 is 0. The molecule has 0 unspecified atom stereocenters. The third-order valence-corrected chi connectivity index (χ3v) is 4.75. The highest BCUT2D eigenvalue weighted by Gasteiger charge is 2.32. The normalized spacial score (nSPS) is 20.8. The number of pyridine rings is 1. The zero-order chi connectivity index (χ0) is 16.9. The van der Waals surface area contributed by atoms with E-state index in [0.717, 1.165) is 31.6 Å². The Bertz CT molecular complexity index is 670. The maximum absolute atomic E-state index is 12.7. The molecule has 1 aromatic heterocycles. The van der Waals surface area contributed by atoms with E-state index in [1.54, 1.807) is 13.3 Å². The SMILES string of the molecule is CO[C@@H]1CCN(C(=O)c2ccc(C)nc2)C[C@@H]1Cc1ccccc1. The number of benzene rings is 1. The number of piperidine rings is 1. The Balaban J connectivity index is 1.72. The highest BCUT2D eigenvalue weighted by Crippen LogP contribution is 2.24. The molecular formula is C20H24N2O2. The van der Waals surface area contributed by atoms with Gasteiger partial charge in [-0.3, -0.25) is 9.78 Å². The Morgan fingerprint density at radius 2 is 2.04 bits per heavy atom. The van der Waals surface area contributed by atoms with E-state index >= 15 is 0 Å². The molecule has 1 saturated heterocycles. The van der Waals surface area contributed by atoms with E-state index < -0.39 is 0 Å². The number of carbonyl (C=O) groups is 1. The molecule has 1 aliphatic heterocycles. The molecule has 126 valence electrons. The van der Waals surface area contributed by atoms with Crippen LogP contribution in [0.2, 0.25) is 0 Å². The lowest BCUT2D eigenvalue weighted by atomic mass is 9.88. The molecule has 2 heterocycles. The summed E-state index contributed by atoms with van der Waals surface area (Å²) in [6, 6.07) is 14.2. The minimum atomic E-state index is 0.0649. The predicted molar refractivity (Wildman–Crippen MR) is 93.9 cm³/mol. The fourth-order valence-corrected chi connectivity index (χ4v) is 3.40. The summed E-state index contributed by atoms with van der Waals surface area (Å²) in [5, 5.41) is 0. The Labute approximate surface area is 143 Å². The average molecular weight is 324 g/mol. The lowest BCUT2D eigenvalue weighted by Crippen LogP contribution is -2.47. The number of hydrogen-bond donors (Lipinski definition) is 0. The Hall–Kier alpha value is -2.20. The third-order valence-electron chi connectivity index (χ3n) is 4.75. The minimum absolute atomic E-state index is 0.0649. The zero-order valence-corrected chi connectivity index (χ0v) is 14.3. The van der Waals surface area contributed by atoms with Crippen molar-refractivity contribution in [1.29, 1.82) is 0 Å². The summed E-state index contributed by atoms with van der Waals surface area (Å²) in [7, 11) is 1.77. The highest BCUT2D eigenvalue weighted by molar-refractivity contribution is 5.94. The van der Waals surface area contributed by atoms with Gasteiger partial charge in [-0.05, 0) is 37.5 Å². The van der Waals surface area contributed by atoms with Gasteiger partial charge in [-0.2, -0.15) is 0 Å². The summed E-state index contributed by atoms with van der Waals surface area (Å²) in [5.41, 5.74) is 2.87. The topological polar surface area (TPSA) is 42.4 Å². The van der Waals surface area contributed by atoms with Gasteiger partial charge in [0.1, 0.15) is 0 Å². The lowest BCUT2D eigenvalue weighted by Gasteiger charge is -2.38. The average Bonchev–Trinajstić information content (AvgIpc) is 2.62. The van der Waals surface area contributed by atoms with E-state index in [4.69, 9.17) is 4.74 Å². The van der Waals surface area contributed by atoms with Gasteiger partial charge in [-0.25, -0.2) is 0 Å². The summed E-state index contributed by atoms with van der Waals surface area (Å²) < 4.78 is 5.68. The number of nitrogens with zero attached hydrogens (tertiary/aromatic N) is 2. The predicted octanol–water partition coefficient (Wildman–Crippen LogP) is 3.11. The molecule has 24 heavy (non-hydrogen) atoms. The van der Waals surface area contributed by atoms with Gasteiger partial charge in [-0.1, -0.05) is 30.3 Å². The summed E-state index contributed by atoms with van der Waals surface area (Å²) in [4.78, 5) is 18.9. The fourth-order valence-electron chi connectivity index (χ4n) is 3.40. The van der Waals surface area contributed by atoms with Gasteiger partial charge in [0.2, 0.25) is 0 Å². The van der Waals surface area contributed by atoms with Gasteiger partial charge in [-0.15, -0.1) is 0 Å². The second kappa shape index (κ2) is 7.58. The lowest BCUT2D eigenvalue weighted by molar-refractivity contribution is -0.00300. The second-order valence-corrected chi connectivity index (χ2v) is 6.45. The van der Waals surface area contributed by atoms with Gasteiger partial charge >= 0.3 is 0 Å². The summed E-state index contributed by atoms with van der Waals surface area (Å²) in [5.74, 6) is 0.378. The Morgan fingerprint density at radius 1 is 1.25 bits per heavy atom. The number of amides is 1. The Kier molecular flexibility index (Phi) is 5.26. The fraction of sp³-hybridized carbons (Fsp3) is 0.400. The number of aromatic nitrogens is 1. The number of hydrogen-bond acceptors (Lipinski definition) is 3. The van der Waals surface area contributed by atoms with Crippen LogP contribution in [0.5, 0.6) is 0 Å². The van der Waals surface area contributed by atoms with Crippen LogP contribution in [-0.2, 0) is 11.2 Å². The van der Waals surface area contributed by atoms with Gasteiger partial charge in [0, 0.05) is 38.0 Å². The monoisotopic (exact) mass is 324 g/mol. The number of carbonyl (C=O) groups excluding carboxylic acids is 1. The maximum atomic E-state index is 12.7. The van der Waals surface area contributed by atoms with E-state index in [2.05, 4.69) is 29.2 Å². The molecule has 1 aromatic carbocycles. The first-order chi connectivity index (χ1) is 11.7. The number of ether oxygens (including phenoxy) is 1. The van der Waals surface area contributed by atoms with Crippen molar-refractivity contribution >= 4 is 5.91 Å². The van der Waals surface area contributed by atoms with E-state index in [1.807, 2.05) is 30.0 Å². The van der Waals surface area contributed by atoms with Crippen LogP contribution in [0, 0.1) is 12.8 Å². The standard InChI is InChI=1S/C20H24N2O2/c1-15-8-9-17(13-21-15)20(23)22-11-10-19(24-2)18(14-22)12-16-6-4-3-5-7-16/h3-9,13,18-19H,10-12,14H2,1-2H3/t18-,19+/m0/s1. The summed E-state index contributed by atoms with van der Waals surface area (Å²) in [6.07, 6.45) is 3.67. The number of likely N-dealkylation sites (tertiary alicyclic amines) is 1. The van der Waals surface area contributed by atoms with Crippen molar-refractivity contribution in [2.45, 2.75) is 25.9 Å². The third kappa shape index (κ3) is 3.82. The molecule has 1 fully saturated rings. The van der Waals surface area contributed by atoms with E-state index in [9.17, 15) is 4.79 Å². The molecule has 1 aliphatic rings. The quantitative estimate of drug-likeness (QED) is 0.868. The molecule has 0 aliphatic carbocycles. The number of rotatable bonds is 4. The molecule has 2 aromatic rings. The minimum Gasteiger partial charge on any atom is -0.381 e. The first kappa shape index (κ1) is 16.7. The van der Waals surface area contributed by atoms with Crippen molar-refractivity contribution in [3.63, 3.8) is 0 Å². The Morgan fingerprint density at radius 3 is 2.71 bits per heavy atom. The van der Waals surface area contributed by atoms with Crippen LogP contribution in [0.25, 0.3) is 0 Å². The van der Waals surface area contributed by atoms with Crippen molar-refractivity contribution in [2.24, 2.45) is 5.92 Å². The molecular weight excluding hydrogens is 300 g/mol. The largest absolute Gasteiger partial charge is 0.381 e. The van der Waals surface area contributed by atoms with Crippen molar-refractivity contribution in [3.05, 3.63) is 65.5 Å². The van der Waals surface area contributed by atoms with Crippen LogP contribution in [0.3, 0.4) is 0 Å². The smallest absolute Gasteiger partial charge is 0.255 e. The van der Waals surface area contributed by atoms with Gasteiger partial charge in [0.15, 0.2) is 0 Å². The van der Waals surface area contributed by atoms with Gasteiger partial charge in [0.25, 0.3) is 5.91 Å². The first-order valence-corrected chi connectivity index (χ1v) is 8.46. The zero-order valence-electron chi connectivity index (χ0n) is 14.3. The van der Waals surface area contributed by atoms with Crippen LogP contribution >= 0.6 is 0 Å². The van der Waals surface area contributed by atoms with Crippen molar-refractivity contribution in [3.8, 4) is 0 Å².